The molecular weight excluding hydrogens is 404 g/mol. The van der Waals surface area contributed by atoms with Gasteiger partial charge in [0.1, 0.15) is 5.75 Å². The summed E-state index contributed by atoms with van der Waals surface area (Å²) >= 11 is 3.31. The second-order valence-electron chi connectivity index (χ2n) is 6.01. The molecule has 3 rings (SSSR count). The van der Waals surface area contributed by atoms with Crippen molar-refractivity contribution >= 4 is 31.6 Å². The Balaban J connectivity index is 1.61. The molecule has 0 unspecified atom stereocenters. The minimum absolute atomic E-state index is 0.0494. The van der Waals surface area contributed by atoms with Crippen LogP contribution in [0.1, 0.15) is 12.8 Å². The van der Waals surface area contributed by atoms with Gasteiger partial charge in [-0.25, -0.2) is 13.1 Å². The first-order valence-electron chi connectivity index (χ1n) is 8.15. The summed E-state index contributed by atoms with van der Waals surface area (Å²) in [6, 6.07) is 14.8. The van der Waals surface area contributed by atoms with Crippen molar-refractivity contribution in [1.29, 1.82) is 0 Å². The Kier molecular flexibility index (Phi) is 5.66. The van der Waals surface area contributed by atoms with Gasteiger partial charge in [0, 0.05) is 29.3 Å². The van der Waals surface area contributed by atoms with Gasteiger partial charge in [0.05, 0.1) is 12.0 Å². The number of rotatable bonds is 5. The number of methoxy groups -OCH3 is 1. The maximum absolute atomic E-state index is 12.6. The lowest BCUT2D eigenvalue weighted by Gasteiger charge is -2.34. The Labute approximate surface area is 157 Å². The van der Waals surface area contributed by atoms with E-state index in [0.29, 0.717) is 4.47 Å². The maximum atomic E-state index is 12.6. The van der Waals surface area contributed by atoms with Crippen molar-refractivity contribution in [3.8, 4) is 5.75 Å². The van der Waals surface area contributed by atoms with E-state index < -0.39 is 10.0 Å². The van der Waals surface area contributed by atoms with Gasteiger partial charge in [-0.2, -0.15) is 0 Å². The molecule has 0 amide bonds. The minimum Gasteiger partial charge on any atom is -0.497 e. The molecule has 0 saturated carbocycles. The molecule has 1 saturated heterocycles. The zero-order chi connectivity index (χ0) is 17.9. The lowest BCUT2D eigenvalue weighted by molar-refractivity contribution is 0.414. The molecule has 1 fully saturated rings. The fourth-order valence-electron chi connectivity index (χ4n) is 2.99. The van der Waals surface area contributed by atoms with Crippen LogP contribution in [0.3, 0.4) is 0 Å². The van der Waals surface area contributed by atoms with Crippen LogP contribution in [-0.2, 0) is 10.0 Å². The Morgan fingerprint density at radius 3 is 2.32 bits per heavy atom. The predicted octanol–water partition coefficient (Wildman–Crippen LogP) is 3.41. The van der Waals surface area contributed by atoms with Crippen LogP contribution in [0, 0.1) is 0 Å². The summed E-state index contributed by atoms with van der Waals surface area (Å²) in [6.45, 7) is 1.63. The zero-order valence-electron chi connectivity index (χ0n) is 14.0. The van der Waals surface area contributed by atoms with Crippen molar-refractivity contribution in [2.45, 2.75) is 23.8 Å². The summed E-state index contributed by atoms with van der Waals surface area (Å²) in [5.41, 5.74) is 1.13. The molecule has 5 nitrogen and oxygen atoms in total. The molecule has 134 valence electrons. The number of benzene rings is 2. The highest BCUT2D eigenvalue weighted by Crippen LogP contribution is 2.25. The van der Waals surface area contributed by atoms with Crippen LogP contribution in [0.5, 0.6) is 5.75 Å². The first-order chi connectivity index (χ1) is 12.0. The lowest BCUT2D eigenvalue weighted by Crippen LogP contribution is -2.44. The quantitative estimate of drug-likeness (QED) is 0.798. The summed E-state index contributed by atoms with van der Waals surface area (Å²) in [5, 5.41) is 0. The molecule has 2 aromatic carbocycles. The standard InChI is InChI=1S/C18H21BrN2O3S/c1-24-16-8-6-15(7-9-16)21-12-10-14(11-13-21)20-25(22,23)18-5-3-2-4-17(18)19/h2-9,14,20H,10-13H2,1H3. The van der Waals surface area contributed by atoms with E-state index in [0.717, 1.165) is 37.4 Å². The van der Waals surface area contributed by atoms with E-state index in [1.807, 2.05) is 24.3 Å². The average molecular weight is 425 g/mol. The summed E-state index contributed by atoms with van der Waals surface area (Å²) < 4.78 is 33.8. The fourth-order valence-corrected chi connectivity index (χ4v) is 5.30. The second-order valence-corrected chi connectivity index (χ2v) is 8.55. The van der Waals surface area contributed by atoms with Crippen molar-refractivity contribution in [3.63, 3.8) is 0 Å². The largest absolute Gasteiger partial charge is 0.497 e. The maximum Gasteiger partial charge on any atom is 0.241 e. The van der Waals surface area contributed by atoms with Crippen LogP contribution in [0.2, 0.25) is 0 Å². The van der Waals surface area contributed by atoms with E-state index in [-0.39, 0.29) is 10.9 Å². The summed E-state index contributed by atoms with van der Waals surface area (Å²) in [4.78, 5) is 2.55. The van der Waals surface area contributed by atoms with Crippen molar-refractivity contribution in [2.24, 2.45) is 0 Å². The molecule has 0 aromatic heterocycles. The molecule has 0 aliphatic carbocycles. The number of hydrogen-bond donors (Lipinski definition) is 1. The number of nitrogens with zero attached hydrogens (tertiary/aromatic N) is 1. The second kappa shape index (κ2) is 7.76. The van der Waals surface area contributed by atoms with Gasteiger partial charge in [0.2, 0.25) is 10.0 Å². The highest BCUT2D eigenvalue weighted by atomic mass is 79.9. The molecular formula is C18H21BrN2O3S. The SMILES string of the molecule is COc1ccc(N2CCC(NS(=O)(=O)c3ccccc3Br)CC2)cc1. The van der Waals surface area contributed by atoms with Gasteiger partial charge in [-0.15, -0.1) is 0 Å². The van der Waals surface area contributed by atoms with Crippen LogP contribution in [0.25, 0.3) is 0 Å². The average Bonchev–Trinajstić information content (AvgIpc) is 2.62. The third kappa shape index (κ3) is 4.34. The van der Waals surface area contributed by atoms with E-state index in [1.54, 1.807) is 31.4 Å². The van der Waals surface area contributed by atoms with E-state index in [1.165, 1.54) is 0 Å². The van der Waals surface area contributed by atoms with Crippen LogP contribution >= 0.6 is 15.9 Å². The van der Waals surface area contributed by atoms with Crippen LogP contribution in [0.15, 0.2) is 57.9 Å². The number of piperidine rings is 1. The van der Waals surface area contributed by atoms with Gasteiger partial charge in [-0.05, 0) is 65.2 Å². The number of ether oxygens (including phenoxy) is 1. The summed E-state index contributed by atoms with van der Waals surface area (Å²) in [6.07, 6.45) is 1.55. The molecule has 1 heterocycles. The Morgan fingerprint density at radius 2 is 1.72 bits per heavy atom. The number of sulfonamides is 1. The van der Waals surface area contributed by atoms with Crippen molar-refractivity contribution in [2.75, 3.05) is 25.1 Å². The van der Waals surface area contributed by atoms with Crippen molar-refractivity contribution in [1.82, 2.24) is 4.72 Å². The number of hydrogen-bond acceptors (Lipinski definition) is 4. The first-order valence-corrected chi connectivity index (χ1v) is 10.4. The first kappa shape index (κ1) is 18.2. The molecule has 25 heavy (non-hydrogen) atoms. The molecule has 0 radical (unpaired) electrons. The molecule has 0 atom stereocenters. The monoisotopic (exact) mass is 424 g/mol. The molecule has 1 N–H and O–H groups in total. The van der Waals surface area contributed by atoms with Gasteiger partial charge in [-0.3, -0.25) is 0 Å². The van der Waals surface area contributed by atoms with E-state index in [9.17, 15) is 8.42 Å². The predicted molar refractivity (Wildman–Crippen MR) is 103 cm³/mol. The molecule has 1 aliphatic rings. The van der Waals surface area contributed by atoms with E-state index >= 15 is 0 Å². The highest BCUT2D eigenvalue weighted by Gasteiger charge is 2.25. The number of nitrogens with one attached hydrogen (secondary N) is 1. The minimum atomic E-state index is -3.51. The summed E-state index contributed by atoms with van der Waals surface area (Å²) in [7, 11) is -1.86. The third-order valence-corrected chi connectivity index (χ3v) is 6.91. The molecule has 2 aromatic rings. The van der Waals surface area contributed by atoms with E-state index in [2.05, 4.69) is 25.6 Å². The third-order valence-electron chi connectivity index (χ3n) is 4.38. The van der Waals surface area contributed by atoms with E-state index in [4.69, 9.17) is 4.74 Å². The van der Waals surface area contributed by atoms with Gasteiger partial charge < -0.3 is 9.64 Å². The van der Waals surface area contributed by atoms with Crippen LogP contribution < -0.4 is 14.4 Å². The Hall–Kier alpha value is -1.57. The smallest absolute Gasteiger partial charge is 0.241 e. The molecule has 7 heteroatoms. The van der Waals surface area contributed by atoms with Crippen LogP contribution in [-0.4, -0.2) is 34.7 Å². The Morgan fingerprint density at radius 1 is 1.08 bits per heavy atom. The fraction of sp³-hybridized carbons (Fsp3) is 0.333. The van der Waals surface area contributed by atoms with Crippen molar-refractivity contribution in [3.05, 3.63) is 53.0 Å². The highest BCUT2D eigenvalue weighted by molar-refractivity contribution is 9.10. The van der Waals surface area contributed by atoms with Gasteiger partial charge in [0.25, 0.3) is 0 Å². The topological polar surface area (TPSA) is 58.6 Å². The normalized spacial score (nSPS) is 16.0. The molecule has 0 spiro atoms. The Bertz CT molecular complexity index is 816. The zero-order valence-corrected chi connectivity index (χ0v) is 16.4. The molecule has 1 aliphatic heterocycles. The lowest BCUT2D eigenvalue weighted by atomic mass is 10.1. The number of halogens is 1. The summed E-state index contributed by atoms with van der Waals surface area (Å²) in [5.74, 6) is 0.833. The number of anilines is 1. The van der Waals surface area contributed by atoms with Gasteiger partial charge >= 0.3 is 0 Å². The van der Waals surface area contributed by atoms with Gasteiger partial charge in [-0.1, -0.05) is 12.1 Å². The molecule has 0 bridgehead atoms. The van der Waals surface area contributed by atoms with Crippen molar-refractivity contribution < 1.29 is 13.2 Å². The van der Waals surface area contributed by atoms with Crippen LogP contribution in [0.4, 0.5) is 5.69 Å². The van der Waals surface area contributed by atoms with Gasteiger partial charge in [0.15, 0.2) is 0 Å².